The number of anilines is 2. The van der Waals surface area contributed by atoms with Gasteiger partial charge in [0.05, 0.1) is 16.4 Å². The lowest BCUT2D eigenvalue weighted by Crippen LogP contribution is -2.35. The Balaban J connectivity index is 1.44. The first-order valence-corrected chi connectivity index (χ1v) is 11.2. The van der Waals surface area contributed by atoms with Crippen LogP contribution in [0, 0.1) is 0 Å². The van der Waals surface area contributed by atoms with Crippen LogP contribution in [0.2, 0.25) is 10.0 Å². The molecule has 0 aliphatic carbocycles. The summed E-state index contributed by atoms with van der Waals surface area (Å²) in [5, 5.41) is 7.25. The summed E-state index contributed by atoms with van der Waals surface area (Å²) in [5.41, 5.74) is 2.50. The lowest BCUT2D eigenvalue weighted by atomic mass is 10.1. The number of piperidine rings is 1. The number of amides is 1. The van der Waals surface area contributed by atoms with E-state index in [-0.39, 0.29) is 10.9 Å². The third kappa shape index (κ3) is 5.21. The number of carbonyl (C=O) groups excluding carboxylic acids is 1. The summed E-state index contributed by atoms with van der Waals surface area (Å²) in [6, 6.07) is 16.2. The van der Waals surface area contributed by atoms with Gasteiger partial charge in [-0.25, -0.2) is 0 Å². The summed E-state index contributed by atoms with van der Waals surface area (Å²) in [4.78, 5) is 14.9. The number of nitrogens with zero attached hydrogens (tertiary/aromatic N) is 1. The van der Waals surface area contributed by atoms with Gasteiger partial charge in [-0.15, -0.1) is 0 Å². The van der Waals surface area contributed by atoms with Gasteiger partial charge < -0.3 is 14.6 Å². The second-order valence-electron chi connectivity index (χ2n) is 7.26. The maximum atomic E-state index is 12.6. The number of carbonyl (C=O) groups is 1. The Hall–Kier alpha value is -2.54. The Morgan fingerprint density at radius 1 is 0.968 bits per heavy atom. The van der Waals surface area contributed by atoms with Gasteiger partial charge in [-0.05, 0) is 80.0 Å². The minimum atomic E-state index is -0.431. The van der Waals surface area contributed by atoms with Crippen molar-refractivity contribution >= 4 is 57.8 Å². The molecule has 8 heteroatoms. The largest absolute Gasteiger partial charge is 0.451 e. The van der Waals surface area contributed by atoms with E-state index in [0.717, 1.165) is 42.9 Å². The summed E-state index contributed by atoms with van der Waals surface area (Å²) in [7, 11) is 0. The standard InChI is InChI=1S/C23H21Cl2N3O2S/c24-16-9-7-15(8-10-16)19-11-12-20(30-19)22(29)27-23(31)26-18-6-4-5-17(25)21(18)28-13-2-1-3-14-28/h4-12H,1-3,13-14H2,(H2,26,27,29,31). The normalized spacial score (nSPS) is 13.7. The van der Waals surface area contributed by atoms with Gasteiger partial charge in [0.15, 0.2) is 10.9 Å². The molecule has 0 unspecified atom stereocenters. The minimum Gasteiger partial charge on any atom is -0.451 e. The number of benzene rings is 2. The van der Waals surface area contributed by atoms with E-state index < -0.39 is 5.91 Å². The fourth-order valence-corrected chi connectivity index (χ4v) is 4.23. The van der Waals surface area contributed by atoms with Gasteiger partial charge in [0, 0.05) is 23.7 Å². The zero-order chi connectivity index (χ0) is 21.8. The van der Waals surface area contributed by atoms with Crippen molar-refractivity contribution in [2.45, 2.75) is 19.3 Å². The Morgan fingerprint density at radius 2 is 1.71 bits per heavy atom. The number of nitrogens with one attached hydrogen (secondary N) is 2. The van der Waals surface area contributed by atoms with Crippen molar-refractivity contribution in [3.05, 3.63) is 70.4 Å². The van der Waals surface area contributed by atoms with E-state index in [9.17, 15) is 4.79 Å². The van der Waals surface area contributed by atoms with Gasteiger partial charge in [-0.3, -0.25) is 10.1 Å². The number of furan rings is 1. The second kappa shape index (κ2) is 9.73. The topological polar surface area (TPSA) is 57.5 Å². The Labute approximate surface area is 196 Å². The molecule has 2 heterocycles. The van der Waals surface area contributed by atoms with Crippen LogP contribution in [0.4, 0.5) is 11.4 Å². The summed E-state index contributed by atoms with van der Waals surface area (Å²) in [6.07, 6.45) is 3.47. The number of thiocarbonyl (C=S) groups is 1. The highest BCUT2D eigenvalue weighted by molar-refractivity contribution is 7.80. The molecule has 0 radical (unpaired) electrons. The van der Waals surface area contributed by atoms with Crippen molar-refractivity contribution in [2.24, 2.45) is 0 Å². The predicted molar refractivity (Wildman–Crippen MR) is 130 cm³/mol. The molecule has 3 aromatic rings. The van der Waals surface area contributed by atoms with Crippen LogP contribution in [0.5, 0.6) is 0 Å². The van der Waals surface area contributed by atoms with Gasteiger partial charge in [0.25, 0.3) is 5.91 Å². The molecule has 5 nitrogen and oxygen atoms in total. The number of para-hydroxylation sites is 1. The second-order valence-corrected chi connectivity index (χ2v) is 8.51. The van der Waals surface area contributed by atoms with E-state index in [4.69, 9.17) is 39.8 Å². The molecule has 1 saturated heterocycles. The average Bonchev–Trinajstić information content (AvgIpc) is 3.25. The van der Waals surface area contributed by atoms with Crippen molar-refractivity contribution in [3.8, 4) is 11.3 Å². The SMILES string of the molecule is O=C(NC(=S)Nc1cccc(Cl)c1N1CCCCC1)c1ccc(-c2ccc(Cl)cc2)o1. The lowest BCUT2D eigenvalue weighted by Gasteiger charge is -2.31. The van der Waals surface area contributed by atoms with Crippen LogP contribution in [-0.4, -0.2) is 24.1 Å². The minimum absolute atomic E-state index is 0.163. The molecule has 0 bridgehead atoms. The van der Waals surface area contributed by atoms with Gasteiger partial charge >= 0.3 is 0 Å². The molecule has 0 atom stereocenters. The van der Waals surface area contributed by atoms with E-state index in [1.807, 2.05) is 30.3 Å². The number of halogens is 2. The van der Waals surface area contributed by atoms with Crippen molar-refractivity contribution in [2.75, 3.05) is 23.3 Å². The highest BCUT2D eigenvalue weighted by Gasteiger charge is 2.19. The molecule has 1 amide bonds. The van der Waals surface area contributed by atoms with Crippen LogP contribution >= 0.6 is 35.4 Å². The van der Waals surface area contributed by atoms with E-state index >= 15 is 0 Å². The van der Waals surface area contributed by atoms with Gasteiger partial charge in [-0.1, -0.05) is 29.3 Å². The molecule has 4 rings (SSSR count). The van der Waals surface area contributed by atoms with Gasteiger partial charge in [0.2, 0.25) is 0 Å². The lowest BCUT2D eigenvalue weighted by molar-refractivity contribution is 0.0951. The van der Waals surface area contributed by atoms with E-state index in [0.29, 0.717) is 15.8 Å². The highest BCUT2D eigenvalue weighted by atomic mass is 35.5. The van der Waals surface area contributed by atoms with Crippen LogP contribution in [0.3, 0.4) is 0 Å². The Kier molecular flexibility index (Phi) is 6.80. The van der Waals surface area contributed by atoms with E-state index in [2.05, 4.69) is 15.5 Å². The maximum Gasteiger partial charge on any atom is 0.293 e. The third-order valence-corrected chi connectivity index (χ3v) is 5.85. The van der Waals surface area contributed by atoms with Crippen LogP contribution in [0.1, 0.15) is 29.8 Å². The van der Waals surface area contributed by atoms with Crippen LogP contribution in [-0.2, 0) is 0 Å². The van der Waals surface area contributed by atoms with Crippen molar-refractivity contribution in [1.29, 1.82) is 0 Å². The first kappa shape index (κ1) is 21.7. The average molecular weight is 474 g/mol. The molecule has 160 valence electrons. The molecular formula is C23H21Cl2N3O2S. The van der Waals surface area contributed by atoms with Crippen molar-refractivity contribution < 1.29 is 9.21 Å². The molecule has 31 heavy (non-hydrogen) atoms. The molecule has 2 aromatic carbocycles. The quantitative estimate of drug-likeness (QED) is 0.431. The molecule has 1 fully saturated rings. The Morgan fingerprint density at radius 3 is 2.45 bits per heavy atom. The Bertz CT molecular complexity index is 1090. The molecule has 2 N–H and O–H groups in total. The van der Waals surface area contributed by atoms with E-state index in [1.54, 1.807) is 24.3 Å². The molecule has 0 spiro atoms. The predicted octanol–water partition coefficient (Wildman–Crippen LogP) is 6.37. The van der Waals surface area contributed by atoms with Crippen LogP contribution in [0.25, 0.3) is 11.3 Å². The summed E-state index contributed by atoms with van der Waals surface area (Å²) < 4.78 is 5.69. The number of hydrogen-bond acceptors (Lipinski definition) is 4. The number of hydrogen-bond donors (Lipinski definition) is 2. The molecular weight excluding hydrogens is 453 g/mol. The molecule has 1 aliphatic heterocycles. The maximum absolute atomic E-state index is 12.6. The fourth-order valence-electron chi connectivity index (χ4n) is 3.60. The van der Waals surface area contributed by atoms with Gasteiger partial charge in [0.1, 0.15) is 5.76 Å². The summed E-state index contributed by atoms with van der Waals surface area (Å²) in [5.74, 6) is 0.304. The van der Waals surface area contributed by atoms with Gasteiger partial charge in [-0.2, -0.15) is 0 Å². The number of rotatable bonds is 4. The molecule has 1 aromatic heterocycles. The zero-order valence-electron chi connectivity index (χ0n) is 16.7. The fraction of sp³-hybridized carbons (Fsp3) is 0.217. The van der Waals surface area contributed by atoms with Crippen molar-refractivity contribution in [3.63, 3.8) is 0 Å². The zero-order valence-corrected chi connectivity index (χ0v) is 19.0. The van der Waals surface area contributed by atoms with E-state index in [1.165, 1.54) is 6.42 Å². The summed E-state index contributed by atoms with van der Waals surface area (Å²) in [6.45, 7) is 1.88. The van der Waals surface area contributed by atoms with Crippen LogP contribution < -0.4 is 15.5 Å². The van der Waals surface area contributed by atoms with Crippen molar-refractivity contribution in [1.82, 2.24) is 5.32 Å². The smallest absolute Gasteiger partial charge is 0.293 e. The monoisotopic (exact) mass is 473 g/mol. The first-order valence-electron chi connectivity index (χ1n) is 10.0. The molecule has 1 aliphatic rings. The molecule has 0 saturated carbocycles. The third-order valence-electron chi connectivity index (χ3n) is 5.09. The van der Waals surface area contributed by atoms with Crippen LogP contribution in [0.15, 0.2) is 59.0 Å². The highest BCUT2D eigenvalue weighted by Crippen LogP contribution is 2.35. The first-order chi connectivity index (χ1) is 15.0. The summed E-state index contributed by atoms with van der Waals surface area (Å²) >= 11 is 17.8.